The molecule has 3 aliphatic rings. The maximum absolute atomic E-state index is 13.1. The molecule has 18 nitrogen and oxygen atoms in total. The molecule has 9 atom stereocenters. The van der Waals surface area contributed by atoms with Crippen molar-refractivity contribution in [1.82, 2.24) is 20.2 Å². The molecule has 1 aromatic heterocycles. The van der Waals surface area contributed by atoms with Crippen LogP contribution in [0, 0.1) is 5.92 Å². The van der Waals surface area contributed by atoms with Crippen LogP contribution >= 0.6 is 0 Å². The van der Waals surface area contributed by atoms with Crippen LogP contribution in [0.15, 0.2) is 33.7 Å². The third-order valence-corrected chi connectivity index (χ3v) is 8.88. The van der Waals surface area contributed by atoms with Crippen molar-refractivity contribution in [3.8, 4) is 0 Å². The predicted octanol–water partition coefficient (Wildman–Crippen LogP) is -1.68. The largest absolute Gasteiger partial charge is 0.457 e. The van der Waals surface area contributed by atoms with Crippen molar-refractivity contribution in [2.24, 2.45) is 11.7 Å². The van der Waals surface area contributed by atoms with E-state index in [1.807, 2.05) is 0 Å². The molecule has 0 bridgehead atoms. The number of aliphatic hydroxyl groups excluding tert-OH is 3. The minimum atomic E-state index is -1.90. The van der Waals surface area contributed by atoms with Crippen LogP contribution in [0.4, 0.5) is 0 Å². The fraction of sp³-hybridized carbons (Fsp3) is 0.688. The summed E-state index contributed by atoms with van der Waals surface area (Å²) in [7, 11) is 0. The molecule has 0 radical (unpaired) electrons. The van der Waals surface area contributed by atoms with Crippen LogP contribution in [-0.2, 0) is 38.1 Å². The van der Waals surface area contributed by atoms with Crippen LogP contribution in [0.1, 0.15) is 77.4 Å². The minimum Gasteiger partial charge on any atom is -0.457 e. The molecule has 1 aromatic rings. The maximum Gasteiger partial charge on any atom is 0.330 e. The lowest BCUT2D eigenvalue weighted by Crippen LogP contribution is -2.53. The predicted molar refractivity (Wildman–Crippen MR) is 172 cm³/mol. The molecule has 50 heavy (non-hydrogen) atoms. The molecule has 2 saturated heterocycles. The zero-order chi connectivity index (χ0) is 36.4. The summed E-state index contributed by atoms with van der Waals surface area (Å²) in [4.78, 5) is 77.9. The lowest BCUT2D eigenvalue weighted by atomic mass is 9.94. The molecule has 4 heterocycles. The Labute approximate surface area is 287 Å². The van der Waals surface area contributed by atoms with Gasteiger partial charge < -0.3 is 50.6 Å². The molecule has 4 rings (SSSR count). The topological polar surface area (TPSA) is 271 Å². The van der Waals surface area contributed by atoms with E-state index in [1.54, 1.807) is 0 Å². The summed E-state index contributed by atoms with van der Waals surface area (Å²) in [5.74, 6) is -4.92. The highest BCUT2D eigenvalue weighted by Crippen LogP contribution is 2.39. The quantitative estimate of drug-likeness (QED) is 0.0748. The van der Waals surface area contributed by atoms with Gasteiger partial charge in [0.15, 0.2) is 24.2 Å². The van der Waals surface area contributed by atoms with Gasteiger partial charge in [-0.1, -0.05) is 39.0 Å². The maximum atomic E-state index is 13.1. The number of amides is 3. The summed E-state index contributed by atoms with van der Waals surface area (Å²) in [6, 6.07) is 0.136. The first kappa shape index (κ1) is 38.7. The molecule has 8 N–H and O–H groups in total. The summed E-state index contributed by atoms with van der Waals surface area (Å²) in [6.45, 7) is 1.77. The zero-order valence-corrected chi connectivity index (χ0v) is 27.9. The Morgan fingerprint density at radius 3 is 2.56 bits per heavy atom. The van der Waals surface area contributed by atoms with E-state index in [-0.39, 0.29) is 6.42 Å². The first-order valence-corrected chi connectivity index (χ1v) is 17.0. The Hall–Kier alpha value is -4.10. The van der Waals surface area contributed by atoms with Gasteiger partial charge in [0.1, 0.15) is 24.4 Å². The van der Waals surface area contributed by atoms with E-state index in [1.165, 1.54) is 0 Å². The summed E-state index contributed by atoms with van der Waals surface area (Å²) in [5, 5.41) is 37.0. The molecule has 0 saturated carbocycles. The third kappa shape index (κ3) is 9.78. The second-order valence-corrected chi connectivity index (χ2v) is 12.6. The van der Waals surface area contributed by atoms with Crippen LogP contribution in [0.2, 0.25) is 0 Å². The first-order valence-electron chi connectivity index (χ1n) is 17.0. The number of carbonyl (C=O) groups is 4. The highest BCUT2D eigenvalue weighted by Gasteiger charge is 2.54. The van der Waals surface area contributed by atoms with Crippen molar-refractivity contribution in [2.45, 2.75) is 120 Å². The van der Waals surface area contributed by atoms with Crippen LogP contribution < -0.4 is 27.6 Å². The molecule has 278 valence electrons. The number of hydrogen-bond acceptors (Lipinski definition) is 13. The average Bonchev–Trinajstić information content (AvgIpc) is 3.29. The number of aromatic amines is 1. The molecular formula is C32H47N5O13. The fourth-order valence-corrected chi connectivity index (χ4v) is 6.14. The molecule has 0 unspecified atom stereocenters. The van der Waals surface area contributed by atoms with Crippen molar-refractivity contribution >= 4 is 23.7 Å². The van der Waals surface area contributed by atoms with Crippen LogP contribution in [-0.4, -0.2) is 105 Å². The third-order valence-electron chi connectivity index (χ3n) is 8.88. The van der Waals surface area contributed by atoms with Crippen LogP contribution in [0.3, 0.4) is 0 Å². The summed E-state index contributed by atoms with van der Waals surface area (Å²) < 4.78 is 23.9. The minimum absolute atomic E-state index is 0.0219. The van der Waals surface area contributed by atoms with Gasteiger partial charge in [-0.05, 0) is 31.8 Å². The van der Waals surface area contributed by atoms with Gasteiger partial charge >= 0.3 is 11.7 Å². The first-order chi connectivity index (χ1) is 23.9. The Kier molecular flexibility index (Phi) is 14.1. The second kappa shape index (κ2) is 18.2. The van der Waals surface area contributed by atoms with Gasteiger partial charge in [0.2, 0.25) is 18.1 Å². The number of ether oxygens (including phenoxy) is 4. The summed E-state index contributed by atoms with van der Waals surface area (Å²) in [5.41, 5.74) is 4.03. The van der Waals surface area contributed by atoms with Crippen molar-refractivity contribution < 1.29 is 53.4 Å². The smallest absolute Gasteiger partial charge is 0.330 e. The molecule has 3 aliphatic heterocycles. The second-order valence-electron chi connectivity index (χ2n) is 12.6. The molecule has 18 heteroatoms. The molecular weight excluding hydrogens is 662 g/mol. The van der Waals surface area contributed by atoms with Gasteiger partial charge in [-0.15, -0.1) is 0 Å². The number of rotatable bonds is 16. The van der Waals surface area contributed by atoms with Gasteiger partial charge in [-0.3, -0.25) is 33.5 Å². The van der Waals surface area contributed by atoms with Crippen molar-refractivity contribution in [2.75, 3.05) is 13.2 Å². The summed E-state index contributed by atoms with van der Waals surface area (Å²) in [6.07, 6.45) is -2.61. The SMILES string of the molecule is CCCCCCCCC(=O)O[C@@H]1[C@H](CO)[C@@H]([C@@H](O[C@H]2OC(C(=O)N[C@H]3CCCCNC3=O)=C[C@H](O)[C@@H]2O)C(N)=O)O[C@H]1n1ccc(=O)[nH]c1=O. The van der Waals surface area contributed by atoms with E-state index < -0.39 is 102 Å². The van der Waals surface area contributed by atoms with Crippen LogP contribution in [0.25, 0.3) is 0 Å². The highest BCUT2D eigenvalue weighted by atomic mass is 16.7. The van der Waals surface area contributed by atoms with E-state index in [2.05, 4.69) is 22.5 Å². The van der Waals surface area contributed by atoms with E-state index in [9.17, 15) is 44.1 Å². The monoisotopic (exact) mass is 709 g/mol. The molecule has 0 aromatic carbocycles. The Bertz CT molecular complexity index is 1490. The van der Waals surface area contributed by atoms with E-state index in [4.69, 9.17) is 24.7 Å². The van der Waals surface area contributed by atoms with Gasteiger partial charge in [-0.25, -0.2) is 4.79 Å². The number of nitrogens with zero attached hydrogens (tertiary/aromatic N) is 1. The van der Waals surface area contributed by atoms with Gasteiger partial charge in [0, 0.05) is 25.2 Å². The number of esters is 1. The number of nitrogens with one attached hydrogen (secondary N) is 3. The molecule has 0 spiro atoms. The number of primary amides is 1. The number of hydrogen-bond donors (Lipinski definition) is 7. The lowest BCUT2D eigenvalue weighted by molar-refractivity contribution is -0.239. The zero-order valence-electron chi connectivity index (χ0n) is 27.9. The Balaban J connectivity index is 1.54. The van der Waals surface area contributed by atoms with Gasteiger partial charge in [0.05, 0.1) is 12.5 Å². The number of nitrogens with two attached hydrogens (primary N) is 1. The summed E-state index contributed by atoms with van der Waals surface area (Å²) >= 11 is 0. The number of aromatic nitrogens is 2. The standard InChI is InChI=1S/C32H47N5O13/c1-2-3-4-5-6-7-11-22(41)48-25-17(16-38)24(49-30(25)37-14-12-21(40)36-32(37)46)26(27(33)43)50-31-23(42)19(39)15-20(47-31)29(45)35-18-10-8-9-13-34-28(18)44/h12,14-15,17-19,23-26,30-31,38-39,42H,2-11,13,16H2,1H3,(H2,33,43)(H,34,44)(H,35,45)(H,36,40,46)/t17-,18+,19+,23+,24+,25-,26-,30-,31-/m1/s1. The average molecular weight is 710 g/mol. The molecule has 0 aliphatic carbocycles. The van der Waals surface area contributed by atoms with E-state index >= 15 is 0 Å². The van der Waals surface area contributed by atoms with Crippen molar-refractivity contribution in [3.05, 3.63) is 44.9 Å². The van der Waals surface area contributed by atoms with Gasteiger partial charge in [0.25, 0.3) is 11.5 Å². The van der Waals surface area contributed by atoms with Crippen molar-refractivity contribution in [1.29, 1.82) is 0 Å². The normalized spacial score (nSPS) is 28.8. The Morgan fingerprint density at radius 1 is 1.12 bits per heavy atom. The molecule has 3 amide bonds. The highest BCUT2D eigenvalue weighted by molar-refractivity contribution is 5.95. The number of aliphatic hydroxyl groups is 3. The number of carbonyl (C=O) groups excluding carboxylic acids is 4. The lowest BCUT2D eigenvalue weighted by Gasteiger charge is -2.35. The van der Waals surface area contributed by atoms with E-state index in [0.29, 0.717) is 25.8 Å². The van der Waals surface area contributed by atoms with Gasteiger partial charge in [-0.2, -0.15) is 0 Å². The van der Waals surface area contributed by atoms with Crippen LogP contribution in [0.5, 0.6) is 0 Å². The van der Waals surface area contributed by atoms with Crippen molar-refractivity contribution in [3.63, 3.8) is 0 Å². The molecule has 2 fully saturated rings. The Morgan fingerprint density at radius 2 is 1.86 bits per heavy atom. The number of H-pyrrole nitrogens is 1. The number of unbranched alkanes of at least 4 members (excludes halogenated alkanes) is 5. The fourth-order valence-electron chi connectivity index (χ4n) is 6.14. The van der Waals surface area contributed by atoms with E-state index in [0.717, 1.165) is 61.4 Å².